The van der Waals surface area contributed by atoms with Crippen LogP contribution < -0.4 is 0 Å². The Morgan fingerprint density at radius 3 is 2.94 bits per heavy atom. The van der Waals surface area contributed by atoms with Crippen LogP contribution >= 0.6 is 23.4 Å². The summed E-state index contributed by atoms with van der Waals surface area (Å²) in [7, 11) is 0. The number of benzene rings is 1. The third-order valence-corrected chi connectivity index (χ3v) is 3.88. The fourth-order valence-electron chi connectivity index (χ4n) is 1.77. The van der Waals surface area contributed by atoms with E-state index in [2.05, 4.69) is 41.0 Å². The molecule has 0 saturated heterocycles. The lowest BCUT2D eigenvalue weighted by Crippen LogP contribution is -1.96. The van der Waals surface area contributed by atoms with Gasteiger partial charge in [-0.2, -0.15) is 16.9 Å². The lowest BCUT2D eigenvalue weighted by atomic mass is 10.2. The van der Waals surface area contributed by atoms with Crippen molar-refractivity contribution in [3.63, 3.8) is 0 Å². The topological polar surface area (TPSA) is 17.8 Å². The SMILES string of the molecule is CCn1nc(CSCCCl)c2ccccc21. The maximum atomic E-state index is 5.67. The zero-order valence-corrected chi connectivity index (χ0v) is 10.9. The van der Waals surface area contributed by atoms with Gasteiger partial charge < -0.3 is 0 Å². The van der Waals surface area contributed by atoms with Gasteiger partial charge in [-0.25, -0.2) is 0 Å². The molecule has 1 aromatic carbocycles. The summed E-state index contributed by atoms with van der Waals surface area (Å²) in [5, 5.41) is 5.90. The third-order valence-electron chi connectivity index (χ3n) is 2.49. The summed E-state index contributed by atoms with van der Waals surface area (Å²) in [5.41, 5.74) is 2.40. The number of aryl methyl sites for hydroxylation is 1. The van der Waals surface area contributed by atoms with Gasteiger partial charge in [0.1, 0.15) is 0 Å². The number of nitrogens with zero attached hydrogens (tertiary/aromatic N) is 2. The van der Waals surface area contributed by atoms with Gasteiger partial charge in [0.05, 0.1) is 11.2 Å². The lowest BCUT2D eigenvalue weighted by molar-refractivity contribution is 0.675. The Kier molecular flexibility index (Phi) is 4.13. The number of para-hydroxylation sites is 1. The number of fused-ring (bicyclic) bond motifs is 1. The van der Waals surface area contributed by atoms with Crippen LogP contribution in [0.15, 0.2) is 24.3 Å². The lowest BCUT2D eigenvalue weighted by Gasteiger charge is -1.95. The first-order valence-electron chi connectivity index (χ1n) is 5.45. The van der Waals surface area contributed by atoms with Gasteiger partial charge in [-0.05, 0) is 13.0 Å². The minimum atomic E-state index is 0.705. The molecule has 4 heteroatoms. The van der Waals surface area contributed by atoms with E-state index in [0.29, 0.717) is 5.88 Å². The molecular formula is C12H15ClN2S. The minimum Gasteiger partial charge on any atom is -0.265 e. The van der Waals surface area contributed by atoms with Gasteiger partial charge in [0.2, 0.25) is 0 Å². The van der Waals surface area contributed by atoms with Crippen molar-refractivity contribution < 1.29 is 0 Å². The molecule has 0 unspecified atom stereocenters. The van der Waals surface area contributed by atoms with Crippen LogP contribution in [0.4, 0.5) is 0 Å². The van der Waals surface area contributed by atoms with Crippen molar-refractivity contribution in [1.82, 2.24) is 9.78 Å². The molecule has 1 heterocycles. The molecule has 2 aromatic rings. The van der Waals surface area contributed by atoms with Gasteiger partial charge in [0, 0.05) is 29.3 Å². The normalized spacial score (nSPS) is 11.1. The molecule has 0 aliphatic rings. The first kappa shape index (κ1) is 11.8. The highest BCUT2D eigenvalue weighted by atomic mass is 35.5. The van der Waals surface area contributed by atoms with E-state index in [9.17, 15) is 0 Å². The monoisotopic (exact) mass is 254 g/mol. The minimum absolute atomic E-state index is 0.705. The van der Waals surface area contributed by atoms with Gasteiger partial charge in [0.25, 0.3) is 0 Å². The molecule has 0 spiro atoms. The predicted molar refractivity (Wildman–Crippen MR) is 72.3 cm³/mol. The summed E-state index contributed by atoms with van der Waals surface area (Å²) in [6.07, 6.45) is 0. The standard InChI is InChI=1S/C12H15ClN2S/c1-2-15-12-6-4-3-5-10(12)11(14-15)9-16-8-7-13/h3-6H,2,7-9H2,1H3. The van der Waals surface area contributed by atoms with Crippen molar-refractivity contribution in [2.75, 3.05) is 11.6 Å². The van der Waals surface area contributed by atoms with Gasteiger partial charge in [-0.1, -0.05) is 18.2 Å². The second-order valence-electron chi connectivity index (χ2n) is 3.52. The van der Waals surface area contributed by atoms with Gasteiger partial charge in [0.15, 0.2) is 0 Å². The van der Waals surface area contributed by atoms with Crippen LogP contribution in [0.1, 0.15) is 12.6 Å². The third kappa shape index (κ3) is 2.36. The molecule has 0 radical (unpaired) electrons. The van der Waals surface area contributed by atoms with Crippen LogP contribution in [0.5, 0.6) is 0 Å². The molecule has 0 amide bonds. The molecule has 0 fully saturated rings. The van der Waals surface area contributed by atoms with Crippen molar-refractivity contribution in [1.29, 1.82) is 0 Å². The van der Waals surface area contributed by atoms with Crippen LogP contribution in [-0.2, 0) is 12.3 Å². The molecule has 16 heavy (non-hydrogen) atoms. The molecule has 0 atom stereocenters. The molecule has 0 aliphatic carbocycles. The maximum absolute atomic E-state index is 5.67. The Labute approximate surface area is 105 Å². The Bertz CT molecular complexity index is 467. The Hall–Kier alpha value is -0.670. The molecule has 2 rings (SSSR count). The van der Waals surface area contributed by atoms with E-state index in [1.54, 1.807) is 0 Å². The van der Waals surface area contributed by atoms with Crippen molar-refractivity contribution in [2.24, 2.45) is 0 Å². The summed E-state index contributed by atoms with van der Waals surface area (Å²) in [6.45, 7) is 3.04. The van der Waals surface area contributed by atoms with Gasteiger partial charge >= 0.3 is 0 Å². The first-order chi connectivity index (χ1) is 7.86. The largest absolute Gasteiger partial charge is 0.265 e. The zero-order chi connectivity index (χ0) is 11.4. The quantitative estimate of drug-likeness (QED) is 0.600. The van der Waals surface area contributed by atoms with Crippen molar-refractivity contribution in [3.8, 4) is 0 Å². The highest BCUT2D eigenvalue weighted by molar-refractivity contribution is 7.98. The summed E-state index contributed by atoms with van der Waals surface area (Å²) in [5.74, 6) is 2.63. The maximum Gasteiger partial charge on any atom is 0.0802 e. The number of halogens is 1. The fraction of sp³-hybridized carbons (Fsp3) is 0.417. The van der Waals surface area contributed by atoms with Crippen molar-refractivity contribution in [3.05, 3.63) is 30.0 Å². The van der Waals surface area contributed by atoms with Crippen LogP contribution in [0.25, 0.3) is 10.9 Å². The summed E-state index contributed by atoms with van der Waals surface area (Å²) < 4.78 is 2.06. The molecule has 0 bridgehead atoms. The van der Waals surface area contributed by atoms with E-state index < -0.39 is 0 Å². The average molecular weight is 255 g/mol. The molecule has 0 saturated carbocycles. The molecule has 2 nitrogen and oxygen atoms in total. The predicted octanol–water partition coefficient (Wildman–Crippen LogP) is 3.53. The number of aromatic nitrogens is 2. The van der Waals surface area contributed by atoms with Crippen LogP contribution in [-0.4, -0.2) is 21.4 Å². The molecule has 1 aromatic heterocycles. The Balaban J connectivity index is 2.30. The number of hydrogen-bond acceptors (Lipinski definition) is 2. The van der Waals surface area contributed by atoms with E-state index in [1.165, 1.54) is 16.6 Å². The first-order valence-corrected chi connectivity index (χ1v) is 7.14. The van der Waals surface area contributed by atoms with E-state index in [0.717, 1.165) is 18.1 Å². The smallest absolute Gasteiger partial charge is 0.0802 e. The summed E-state index contributed by atoms with van der Waals surface area (Å²) >= 11 is 7.51. The number of hydrogen-bond donors (Lipinski definition) is 0. The molecule has 0 N–H and O–H groups in total. The second-order valence-corrected chi connectivity index (χ2v) is 5.00. The second kappa shape index (κ2) is 5.60. The molecule has 86 valence electrons. The summed E-state index contributed by atoms with van der Waals surface area (Å²) in [6, 6.07) is 8.40. The zero-order valence-electron chi connectivity index (χ0n) is 9.32. The van der Waals surface area contributed by atoms with Gasteiger partial charge in [-0.3, -0.25) is 4.68 Å². The highest BCUT2D eigenvalue weighted by Crippen LogP contribution is 2.22. The highest BCUT2D eigenvalue weighted by Gasteiger charge is 2.08. The fourth-order valence-corrected chi connectivity index (χ4v) is 2.75. The van der Waals surface area contributed by atoms with Crippen LogP contribution in [0.3, 0.4) is 0 Å². The summed E-state index contributed by atoms with van der Waals surface area (Å²) in [4.78, 5) is 0. The van der Waals surface area contributed by atoms with Crippen LogP contribution in [0, 0.1) is 0 Å². The van der Waals surface area contributed by atoms with E-state index in [1.807, 2.05) is 11.8 Å². The molecule has 0 aliphatic heterocycles. The number of rotatable bonds is 5. The van der Waals surface area contributed by atoms with E-state index in [4.69, 9.17) is 11.6 Å². The number of thioether (sulfide) groups is 1. The Morgan fingerprint density at radius 2 is 2.19 bits per heavy atom. The van der Waals surface area contributed by atoms with E-state index in [-0.39, 0.29) is 0 Å². The molecular weight excluding hydrogens is 240 g/mol. The van der Waals surface area contributed by atoms with Crippen LogP contribution in [0.2, 0.25) is 0 Å². The van der Waals surface area contributed by atoms with Crippen molar-refractivity contribution >= 4 is 34.3 Å². The average Bonchev–Trinajstić information content (AvgIpc) is 2.68. The van der Waals surface area contributed by atoms with Gasteiger partial charge in [-0.15, -0.1) is 11.6 Å². The Morgan fingerprint density at radius 1 is 1.38 bits per heavy atom. The van der Waals surface area contributed by atoms with E-state index >= 15 is 0 Å². The van der Waals surface area contributed by atoms with Crippen molar-refractivity contribution in [2.45, 2.75) is 19.2 Å². The number of alkyl halides is 1.